The second kappa shape index (κ2) is 5.03. The van der Waals surface area contributed by atoms with Crippen molar-refractivity contribution in [3.05, 3.63) is 33.8 Å². The number of rotatable bonds is 4. The molecule has 0 amide bonds. The van der Waals surface area contributed by atoms with Gasteiger partial charge >= 0.3 is 0 Å². The standard InChI is InChI=1S/C15H21Cl2N/c1-3-14(4-2)8-15(9-14,10-18)13-11(16)6-5-7-12(13)17/h5-7H,3-4,8-10,18H2,1-2H3. The molecule has 0 unspecified atom stereocenters. The Bertz CT molecular complexity index is 410. The van der Waals surface area contributed by atoms with Crippen LogP contribution in [0.2, 0.25) is 10.0 Å². The molecule has 3 heteroatoms. The Hall–Kier alpha value is -0.240. The minimum atomic E-state index is -0.0125. The Labute approximate surface area is 120 Å². The van der Waals surface area contributed by atoms with E-state index in [4.69, 9.17) is 28.9 Å². The molecule has 1 nitrogen and oxygen atoms in total. The van der Waals surface area contributed by atoms with E-state index in [0.29, 0.717) is 12.0 Å². The molecule has 0 spiro atoms. The highest BCUT2D eigenvalue weighted by molar-refractivity contribution is 6.36. The Morgan fingerprint density at radius 2 is 1.61 bits per heavy atom. The molecular weight excluding hydrogens is 265 g/mol. The first-order chi connectivity index (χ1) is 8.52. The van der Waals surface area contributed by atoms with Crippen molar-refractivity contribution in [2.24, 2.45) is 11.1 Å². The van der Waals surface area contributed by atoms with Gasteiger partial charge in [0.15, 0.2) is 0 Å². The summed E-state index contributed by atoms with van der Waals surface area (Å²) in [6, 6.07) is 5.72. The van der Waals surface area contributed by atoms with Gasteiger partial charge in [0.05, 0.1) is 0 Å². The summed E-state index contributed by atoms with van der Waals surface area (Å²) in [4.78, 5) is 0. The Morgan fingerprint density at radius 3 is 2.00 bits per heavy atom. The monoisotopic (exact) mass is 285 g/mol. The number of hydrogen-bond acceptors (Lipinski definition) is 1. The third kappa shape index (κ3) is 2.07. The van der Waals surface area contributed by atoms with Crippen molar-refractivity contribution in [1.29, 1.82) is 0 Å². The molecule has 0 aromatic heterocycles. The summed E-state index contributed by atoms with van der Waals surface area (Å²) in [5.74, 6) is 0. The SMILES string of the molecule is CCC1(CC)CC(CN)(c2c(Cl)cccc2Cl)C1. The van der Waals surface area contributed by atoms with Gasteiger partial charge in [-0.25, -0.2) is 0 Å². The lowest BCUT2D eigenvalue weighted by atomic mass is 9.48. The van der Waals surface area contributed by atoms with E-state index in [1.54, 1.807) is 0 Å². The van der Waals surface area contributed by atoms with Crippen LogP contribution in [0.4, 0.5) is 0 Å². The molecule has 1 aliphatic rings. The maximum absolute atomic E-state index is 6.34. The molecule has 0 bridgehead atoms. The van der Waals surface area contributed by atoms with E-state index in [-0.39, 0.29) is 5.41 Å². The Morgan fingerprint density at radius 1 is 1.11 bits per heavy atom. The van der Waals surface area contributed by atoms with Crippen molar-refractivity contribution in [1.82, 2.24) is 0 Å². The largest absolute Gasteiger partial charge is 0.330 e. The summed E-state index contributed by atoms with van der Waals surface area (Å²) in [6.45, 7) is 5.15. The third-order valence-corrected chi connectivity index (χ3v) is 5.44. The van der Waals surface area contributed by atoms with E-state index in [9.17, 15) is 0 Å². The van der Waals surface area contributed by atoms with Crippen molar-refractivity contribution in [2.45, 2.75) is 44.9 Å². The average molecular weight is 286 g/mol. The van der Waals surface area contributed by atoms with Crippen molar-refractivity contribution in [3.8, 4) is 0 Å². The highest BCUT2D eigenvalue weighted by atomic mass is 35.5. The van der Waals surface area contributed by atoms with Gasteiger partial charge < -0.3 is 5.73 Å². The highest BCUT2D eigenvalue weighted by Gasteiger charge is 2.53. The lowest BCUT2D eigenvalue weighted by molar-refractivity contribution is 0.0184. The molecule has 2 rings (SSSR count). The molecule has 0 atom stereocenters. The van der Waals surface area contributed by atoms with Crippen LogP contribution < -0.4 is 5.73 Å². The molecule has 1 aromatic carbocycles. The molecule has 0 saturated heterocycles. The van der Waals surface area contributed by atoms with Gasteiger partial charge in [0.25, 0.3) is 0 Å². The maximum atomic E-state index is 6.34. The van der Waals surface area contributed by atoms with Gasteiger partial charge in [-0.05, 0) is 36.0 Å². The number of hydrogen-bond donors (Lipinski definition) is 1. The molecular formula is C15H21Cl2N. The molecule has 0 aliphatic heterocycles. The maximum Gasteiger partial charge on any atom is 0.0459 e. The van der Waals surface area contributed by atoms with E-state index in [1.807, 2.05) is 18.2 Å². The predicted molar refractivity (Wildman–Crippen MR) is 79.4 cm³/mol. The van der Waals surface area contributed by atoms with Crippen molar-refractivity contribution >= 4 is 23.2 Å². The topological polar surface area (TPSA) is 26.0 Å². The van der Waals surface area contributed by atoms with Crippen LogP contribution in [-0.2, 0) is 5.41 Å². The summed E-state index contributed by atoms with van der Waals surface area (Å²) in [7, 11) is 0. The average Bonchev–Trinajstić information content (AvgIpc) is 2.32. The van der Waals surface area contributed by atoms with E-state index in [2.05, 4.69) is 13.8 Å². The zero-order valence-corrected chi connectivity index (χ0v) is 12.6. The van der Waals surface area contributed by atoms with Gasteiger partial charge in [-0.15, -0.1) is 0 Å². The molecule has 2 N–H and O–H groups in total. The summed E-state index contributed by atoms with van der Waals surface area (Å²) in [6.07, 6.45) is 4.61. The first-order valence-electron chi connectivity index (χ1n) is 6.67. The fourth-order valence-electron chi connectivity index (χ4n) is 3.56. The molecule has 100 valence electrons. The molecule has 0 heterocycles. The molecule has 0 radical (unpaired) electrons. The summed E-state index contributed by atoms with van der Waals surface area (Å²) in [5, 5.41) is 1.52. The fraction of sp³-hybridized carbons (Fsp3) is 0.600. The van der Waals surface area contributed by atoms with E-state index < -0.39 is 0 Å². The number of benzene rings is 1. The van der Waals surface area contributed by atoms with Gasteiger partial charge in [-0.1, -0.05) is 56.0 Å². The van der Waals surface area contributed by atoms with Crippen LogP contribution in [0.25, 0.3) is 0 Å². The van der Waals surface area contributed by atoms with E-state index >= 15 is 0 Å². The second-order valence-electron chi connectivity index (χ2n) is 5.64. The predicted octanol–water partition coefficient (Wildman–Crippen LogP) is 4.79. The Kier molecular flexibility index (Phi) is 3.96. The van der Waals surface area contributed by atoms with Gasteiger partial charge in [-0.2, -0.15) is 0 Å². The molecule has 18 heavy (non-hydrogen) atoms. The lowest BCUT2D eigenvalue weighted by Crippen LogP contribution is -2.53. The Balaban J connectivity index is 2.37. The van der Waals surface area contributed by atoms with E-state index in [0.717, 1.165) is 28.5 Å². The molecule has 1 fully saturated rings. The van der Waals surface area contributed by atoms with Crippen molar-refractivity contribution < 1.29 is 0 Å². The van der Waals surface area contributed by atoms with Crippen LogP contribution >= 0.6 is 23.2 Å². The van der Waals surface area contributed by atoms with Gasteiger partial charge in [0.2, 0.25) is 0 Å². The van der Waals surface area contributed by atoms with Crippen LogP contribution in [0.5, 0.6) is 0 Å². The van der Waals surface area contributed by atoms with Gasteiger partial charge in [-0.3, -0.25) is 0 Å². The van der Waals surface area contributed by atoms with Crippen LogP contribution in [0.1, 0.15) is 45.1 Å². The van der Waals surface area contributed by atoms with Crippen molar-refractivity contribution in [3.63, 3.8) is 0 Å². The lowest BCUT2D eigenvalue weighted by Gasteiger charge is -2.57. The van der Waals surface area contributed by atoms with Gasteiger partial charge in [0.1, 0.15) is 0 Å². The second-order valence-corrected chi connectivity index (χ2v) is 6.46. The molecule has 1 aliphatic carbocycles. The normalized spacial score (nSPS) is 20.5. The smallest absolute Gasteiger partial charge is 0.0459 e. The van der Waals surface area contributed by atoms with E-state index in [1.165, 1.54) is 12.8 Å². The number of nitrogens with two attached hydrogens (primary N) is 1. The number of halogens is 2. The van der Waals surface area contributed by atoms with Gasteiger partial charge in [0, 0.05) is 22.0 Å². The summed E-state index contributed by atoms with van der Waals surface area (Å²) >= 11 is 12.7. The van der Waals surface area contributed by atoms with Crippen LogP contribution in [0, 0.1) is 5.41 Å². The molecule has 1 aromatic rings. The third-order valence-electron chi connectivity index (χ3n) is 4.81. The van der Waals surface area contributed by atoms with Crippen LogP contribution in [-0.4, -0.2) is 6.54 Å². The summed E-state index contributed by atoms with van der Waals surface area (Å²) in [5.41, 5.74) is 7.54. The highest BCUT2D eigenvalue weighted by Crippen LogP contribution is 2.60. The first kappa shape index (κ1) is 14.2. The minimum absolute atomic E-state index is 0.0125. The molecule has 1 saturated carbocycles. The van der Waals surface area contributed by atoms with Crippen LogP contribution in [0.15, 0.2) is 18.2 Å². The van der Waals surface area contributed by atoms with Crippen molar-refractivity contribution in [2.75, 3.05) is 6.54 Å². The van der Waals surface area contributed by atoms with Crippen LogP contribution in [0.3, 0.4) is 0 Å². The zero-order chi connectivity index (χ0) is 13.4. The first-order valence-corrected chi connectivity index (χ1v) is 7.43. The summed E-state index contributed by atoms with van der Waals surface area (Å²) < 4.78 is 0. The zero-order valence-electron chi connectivity index (χ0n) is 11.1. The fourth-order valence-corrected chi connectivity index (χ4v) is 4.36. The minimum Gasteiger partial charge on any atom is -0.330 e. The quantitative estimate of drug-likeness (QED) is 0.846.